The topological polar surface area (TPSA) is 20.3 Å². The molecule has 0 bridgehead atoms. The zero-order valence-corrected chi connectivity index (χ0v) is 9.17. The second kappa shape index (κ2) is 2.40. The lowest BCUT2D eigenvalue weighted by atomic mass is 10.0. The molecular formula is C11H10BrNO. The van der Waals surface area contributed by atoms with E-state index in [1.54, 1.807) is 4.90 Å². The van der Waals surface area contributed by atoms with Gasteiger partial charge < -0.3 is 4.90 Å². The summed E-state index contributed by atoms with van der Waals surface area (Å²) in [4.78, 5) is 13.7. The van der Waals surface area contributed by atoms with E-state index in [1.165, 1.54) is 0 Å². The Balaban J connectivity index is 2.21. The highest BCUT2D eigenvalue weighted by atomic mass is 79.9. The van der Waals surface area contributed by atoms with Crippen molar-refractivity contribution in [3.8, 4) is 0 Å². The van der Waals surface area contributed by atoms with E-state index >= 15 is 0 Å². The van der Waals surface area contributed by atoms with Crippen LogP contribution in [-0.4, -0.2) is 17.8 Å². The SMILES string of the molecule is [2H]CN1C(=O)c2ccc(Br)cc2C12CC2. The van der Waals surface area contributed by atoms with Gasteiger partial charge in [-0.05, 0) is 36.6 Å². The van der Waals surface area contributed by atoms with Crippen LogP contribution in [0.15, 0.2) is 22.7 Å². The van der Waals surface area contributed by atoms with Gasteiger partial charge in [0.05, 0.1) is 5.54 Å². The van der Waals surface area contributed by atoms with Gasteiger partial charge >= 0.3 is 0 Å². The minimum Gasteiger partial charge on any atom is -0.332 e. The average molecular weight is 253 g/mol. The number of carbonyl (C=O) groups excluding carboxylic acids is 1. The molecule has 72 valence electrons. The van der Waals surface area contributed by atoms with Crippen molar-refractivity contribution in [2.75, 3.05) is 7.02 Å². The highest BCUT2D eigenvalue weighted by Crippen LogP contribution is 2.55. The maximum absolute atomic E-state index is 12.0. The van der Waals surface area contributed by atoms with Crippen LogP contribution in [0.5, 0.6) is 0 Å². The molecule has 0 radical (unpaired) electrons. The van der Waals surface area contributed by atoms with Gasteiger partial charge in [0, 0.05) is 18.4 Å². The Bertz CT molecular complexity index is 456. The summed E-state index contributed by atoms with van der Waals surface area (Å²) in [6, 6.07) is 5.77. The summed E-state index contributed by atoms with van der Waals surface area (Å²) in [5, 5.41) is 0. The average Bonchev–Trinajstić information content (AvgIpc) is 2.95. The molecule has 0 aromatic heterocycles. The third-order valence-corrected chi connectivity index (χ3v) is 3.69. The number of benzene rings is 1. The number of hydrogen-bond acceptors (Lipinski definition) is 1. The van der Waals surface area contributed by atoms with E-state index in [0.29, 0.717) is 0 Å². The number of hydrogen-bond donors (Lipinski definition) is 0. The van der Waals surface area contributed by atoms with Gasteiger partial charge in [0.25, 0.3) is 5.91 Å². The van der Waals surface area contributed by atoms with Crippen molar-refractivity contribution in [3.63, 3.8) is 0 Å². The number of rotatable bonds is 0. The van der Waals surface area contributed by atoms with Crippen LogP contribution in [0.2, 0.25) is 0 Å². The first-order valence-electron chi connectivity index (χ1n) is 5.31. The molecule has 1 aromatic rings. The van der Waals surface area contributed by atoms with Gasteiger partial charge in [-0.1, -0.05) is 15.9 Å². The molecule has 1 amide bonds. The van der Waals surface area contributed by atoms with Crippen LogP contribution in [0.1, 0.15) is 30.1 Å². The van der Waals surface area contributed by atoms with Crippen molar-refractivity contribution < 1.29 is 6.17 Å². The van der Waals surface area contributed by atoms with E-state index < -0.39 is 0 Å². The predicted molar refractivity (Wildman–Crippen MR) is 57.1 cm³/mol. The summed E-state index contributed by atoms with van der Waals surface area (Å²) in [5.41, 5.74) is 1.76. The molecule has 2 nitrogen and oxygen atoms in total. The van der Waals surface area contributed by atoms with Crippen LogP contribution in [0.4, 0.5) is 0 Å². The fourth-order valence-corrected chi connectivity index (χ4v) is 2.59. The van der Waals surface area contributed by atoms with E-state index in [1.807, 2.05) is 18.2 Å². The minimum absolute atomic E-state index is 0.0185. The van der Waals surface area contributed by atoms with Crippen molar-refractivity contribution in [1.29, 1.82) is 0 Å². The monoisotopic (exact) mass is 252 g/mol. The van der Waals surface area contributed by atoms with Crippen LogP contribution >= 0.6 is 15.9 Å². The first kappa shape index (κ1) is 7.46. The molecule has 1 heterocycles. The summed E-state index contributed by atoms with van der Waals surface area (Å²) < 4.78 is 8.46. The summed E-state index contributed by atoms with van der Waals surface area (Å²) in [6.07, 6.45) is 2.00. The van der Waals surface area contributed by atoms with Crippen molar-refractivity contribution in [3.05, 3.63) is 33.8 Å². The quantitative estimate of drug-likeness (QED) is 0.695. The first-order valence-corrected chi connectivity index (χ1v) is 5.39. The molecule has 2 aliphatic rings. The Morgan fingerprint density at radius 3 is 3.00 bits per heavy atom. The van der Waals surface area contributed by atoms with Gasteiger partial charge in [-0.15, -0.1) is 0 Å². The van der Waals surface area contributed by atoms with Crippen molar-refractivity contribution in [1.82, 2.24) is 4.90 Å². The fourth-order valence-electron chi connectivity index (χ4n) is 2.23. The Labute approximate surface area is 92.4 Å². The van der Waals surface area contributed by atoms with E-state index in [-0.39, 0.29) is 18.5 Å². The molecule has 1 saturated carbocycles. The Kier molecular flexibility index (Phi) is 1.28. The lowest BCUT2D eigenvalue weighted by Gasteiger charge is -2.19. The minimum atomic E-state index is -0.127. The van der Waals surface area contributed by atoms with Crippen LogP contribution in [0.25, 0.3) is 0 Å². The van der Waals surface area contributed by atoms with Crippen molar-refractivity contribution in [2.45, 2.75) is 18.4 Å². The smallest absolute Gasteiger partial charge is 0.254 e. The zero-order chi connectivity index (χ0) is 10.6. The molecule has 0 atom stereocenters. The molecule has 0 unspecified atom stereocenters. The van der Waals surface area contributed by atoms with Crippen LogP contribution in [-0.2, 0) is 5.54 Å². The van der Waals surface area contributed by atoms with Gasteiger partial charge in [0.1, 0.15) is 0 Å². The first-order chi connectivity index (χ1) is 7.19. The van der Waals surface area contributed by atoms with Gasteiger partial charge in [-0.3, -0.25) is 4.79 Å². The van der Waals surface area contributed by atoms with E-state index in [4.69, 9.17) is 1.37 Å². The van der Waals surface area contributed by atoms with Crippen LogP contribution in [0, 0.1) is 0 Å². The van der Waals surface area contributed by atoms with Crippen molar-refractivity contribution in [2.24, 2.45) is 0 Å². The molecule has 1 spiro atoms. The molecule has 0 saturated heterocycles. The maximum Gasteiger partial charge on any atom is 0.254 e. The van der Waals surface area contributed by atoms with Gasteiger partial charge in [-0.2, -0.15) is 0 Å². The summed E-state index contributed by atoms with van der Waals surface area (Å²) in [6.45, 7) is 0. The Morgan fingerprint density at radius 2 is 2.36 bits per heavy atom. The standard InChI is InChI=1S/C11H10BrNO/c1-13-10(14)8-3-2-7(12)6-9(8)11(13)4-5-11/h2-3,6H,4-5H2,1H3/i1D. The van der Waals surface area contributed by atoms with Crippen molar-refractivity contribution >= 4 is 21.8 Å². The normalized spacial score (nSPS) is 22.5. The van der Waals surface area contributed by atoms with E-state index in [2.05, 4.69) is 15.9 Å². The largest absolute Gasteiger partial charge is 0.332 e. The Hall–Kier alpha value is -0.830. The molecule has 0 N–H and O–H groups in total. The molecule has 3 heteroatoms. The second-order valence-electron chi connectivity index (χ2n) is 3.95. The summed E-state index contributed by atoms with van der Waals surface area (Å²) in [7, 11) is 0.0606. The number of halogens is 1. The second-order valence-corrected chi connectivity index (χ2v) is 4.87. The molecule has 1 aliphatic heterocycles. The highest BCUT2D eigenvalue weighted by molar-refractivity contribution is 9.10. The van der Waals surface area contributed by atoms with E-state index in [9.17, 15) is 4.79 Å². The van der Waals surface area contributed by atoms with Crippen LogP contribution in [0.3, 0.4) is 0 Å². The van der Waals surface area contributed by atoms with Crippen LogP contribution < -0.4 is 0 Å². The molecule has 1 aliphatic carbocycles. The summed E-state index contributed by atoms with van der Waals surface area (Å²) in [5.74, 6) is 0.0185. The van der Waals surface area contributed by atoms with Gasteiger partial charge in [0.15, 0.2) is 0 Å². The van der Waals surface area contributed by atoms with E-state index in [0.717, 1.165) is 28.4 Å². The number of amides is 1. The van der Waals surface area contributed by atoms with Gasteiger partial charge in [-0.25, -0.2) is 0 Å². The zero-order valence-electron chi connectivity index (χ0n) is 8.59. The molecular weight excluding hydrogens is 242 g/mol. The number of fused-ring (bicyclic) bond motifs is 2. The summed E-state index contributed by atoms with van der Waals surface area (Å²) >= 11 is 3.43. The number of nitrogens with zero attached hydrogens (tertiary/aromatic N) is 1. The third-order valence-electron chi connectivity index (χ3n) is 3.20. The lowest BCUT2D eigenvalue weighted by molar-refractivity contribution is 0.0755. The predicted octanol–water partition coefficient (Wildman–Crippen LogP) is 2.52. The molecule has 3 rings (SSSR count). The highest BCUT2D eigenvalue weighted by Gasteiger charge is 2.56. The maximum atomic E-state index is 12.0. The Morgan fingerprint density at radius 1 is 1.57 bits per heavy atom. The molecule has 14 heavy (non-hydrogen) atoms. The van der Waals surface area contributed by atoms with Gasteiger partial charge in [0.2, 0.25) is 0 Å². The molecule has 1 aromatic carbocycles. The molecule has 1 fully saturated rings. The third kappa shape index (κ3) is 0.836. The number of carbonyl (C=O) groups is 1. The lowest BCUT2D eigenvalue weighted by Crippen LogP contribution is -2.28. The fraction of sp³-hybridized carbons (Fsp3) is 0.364.